The molecule has 0 aromatic heterocycles. The average molecular weight is 459 g/mol. The molecule has 0 bridgehead atoms. The minimum Gasteiger partial charge on any atom is -0.393 e. The Bertz CT molecular complexity index is 853. The monoisotopic (exact) mass is 458 g/mol. The van der Waals surface area contributed by atoms with Crippen LogP contribution in [0.5, 0.6) is 0 Å². The van der Waals surface area contributed by atoms with Gasteiger partial charge in [0.15, 0.2) is 0 Å². The minimum absolute atomic E-state index is 0.00842. The van der Waals surface area contributed by atoms with Gasteiger partial charge < -0.3 is 14.9 Å². The first-order valence-electron chi connectivity index (χ1n) is 14.2. The highest BCUT2D eigenvalue weighted by Crippen LogP contribution is 2.78. The fourth-order valence-electron chi connectivity index (χ4n) is 12.1. The maximum absolute atomic E-state index is 11.5. The standard InChI is InChI=1S/C30H50O3/c1-17-22-18-9-10-20-26(4)13-12-21(31)25(2,3)19(26)11-14-29(20,7)28(18,6)16-15-27(22,5)23(32)24-30(17,8)33-24/h17-24,31-32H,9-16H2,1-8H3/t17-,18?,19?,20?,21-,22?,23-,24+,26-,27+,28+,29+,30-/m0/s1. The van der Waals surface area contributed by atoms with E-state index in [1.807, 2.05) is 0 Å². The van der Waals surface area contributed by atoms with Crippen LogP contribution in [0, 0.1) is 56.7 Å². The molecule has 5 saturated carbocycles. The van der Waals surface area contributed by atoms with Gasteiger partial charge in [-0.25, -0.2) is 0 Å². The van der Waals surface area contributed by atoms with Crippen LogP contribution in [0.1, 0.15) is 107 Å². The van der Waals surface area contributed by atoms with Crippen LogP contribution >= 0.6 is 0 Å². The number of aliphatic hydroxyl groups excluding tert-OH is 2. The summed E-state index contributed by atoms with van der Waals surface area (Å²) in [6, 6.07) is 0. The predicted molar refractivity (Wildman–Crippen MR) is 132 cm³/mol. The van der Waals surface area contributed by atoms with Crippen molar-refractivity contribution in [2.24, 2.45) is 56.7 Å². The maximum atomic E-state index is 11.5. The molecule has 0 aromatic carbocycles. The molecule has 188 valence electrons. The summed E-state index contributed by atoms with van der Waals surface area (Å²) in [5, 5.41) is 22.4. The smallest absolute Gasteiger partial charge is 0.114 e. The van der Waals surface area contributed by atoms with Gasteiger partial charge in [-0.2, -0.15) is 0 Å². The van der Waals surface area contributed by atoms with Crippen molar-refractivity contribution in [2.75, 3.05) is 0 Å². The molecule has 6 fully saturated rings. The summed E-state index contributed by atoms with van der Waals surface area (Å²) in [6.45, 7) is 19.8. The molecule has 13 atom stereocenters. The fraction of sp³-hybridized carbons (Fsp3) is 1.00. The number of aliphatic hydroxyl groups is 2. The normalized spacial score (nSPS) is 65.6. The van der Waals surface area contributed by atoms with Crippen LogP contribution < -0.4 is 0 Å². The number of rotatable bonds is 0. The van der Waals surface area contributed by atoms with Crippen LogP contribution in [0.2, 0.25) is 0 Å². The van der Waals surface area contributed by atoms with E-state index in [4.69, 9.17) is 4.74 Å². The van der Waals surface area contributed by atoms with Crippen LogP contribution in [0.4, 0.5) is 0 Å². The van der Waals surface area contributed by atoms with Gasteiger partial charge in [-0.15, -0.1) is 0 Å². The minimum atomic E-state index is -0.312. The fourth-order valence-corrected chi connectivity index (χ4v) is 12.1. The SMILES string of the molecule is C[C@H]1C2C3CCC4[C@@]5(C)CC[C@H](O)C(C)(C)C5CC[C@@]4(C)[C@]3(C)CC[C@@]2(C)[C@@H](O)[C@H]2O[C@]21C. The van der Waals surface area contributed by atoms with Crippen molar-refractivity contribution in [3.05, 3.63) is 0 Å². The Labute approximate surface area is 202 Å². The zero-order valence-corrected chi connectivity index (χ0v) is 22.6. The van der Waals surface area contributed by atoms with Crippen molar-refractivity contribution in [2.45, 2.75) is 131 Å². The summed E-state index contributed by atoms with van der Waals surface area (Å²) in [5.41, 5.74) is 0.886. The van der Waals surface area contributed by atoms with Crippen LogP contribution in [0.25, 0.3) is 0 Å². The third-order valence-electron chi connectivity index (χ3n) is 14.6. The van der Waals surface area contributed by atoms with E-state index in [0.29, 0.717) is 39.9 Å². The average Bonchev–Trinajstić information content (AvgIpc) is 3.44. The van der Waals surface area contributed by atoms with Crippen molar-refractivity contribution in [1.29, 1.82) is 0 Å². The molecule has 0 amide bonds. The number of hydrogen-bond donors (Lipinski definition) is 2. The van der Waals surface area contributed by atoms with E-state index in [0.717, 1.165) is 18.8 Å². The first-order valence-corrected chi connectivity index (χ1v) is 14.2. The second-order valence-electron chi connectivity index (χ2n) is 15.5. The van der Waals surface area contributed by atoms with Crippen molar-refractivity contribution < 1.29 is 14.9 Å². The molecule has 6 aliphatic rings. The molecule has 0 spiro atoms. The lowest BCUT2D eigenvalue weighted by Crippen LogP contribution is -2.69. The van der Waals surface area contributed by atoms with Gasteiger partial charge in [0, 0.05) is 0 Å². The first-order chi connectivity index (χ1) is 15.2. The van der Waals surface area contributed by atoms with Crippen molar-refractivity contribution >= 4 is 0 Å². The second kappa shape index (κ2) is 6.41. The lowest BCUT2D eigenvalue weighted by molar-refractivity contribution is -0.262. The van der Waals surface area contributed by atoms with E-state index in [2.05, 4.69) is 55.4 Å². The lowest BCUT2D eigenvalue weighted by Gasteiger charge is -2.74. The van der Waals surface area contributed by atoms with E-state index in [1.165, 1.54) is 38.5 Å². The molecular formula is C30H50O3. The molecule has 1 aliphatic heterocycles. The van der Waals surface area contributed by atoms with Crippen molar-refractivity contribution in [3.63, 3.8) is 0 Å². The molecule has 3 heteroatoms. The van der Waals surface area contributed by atoms with Crippen LogP contribution in [0.15, 0.2) is 0 Å². The molecule has 4 unspecified atom stereocenters. The van der Waals surface area contributed by atoms with E-state index in [9.17, 15) is 10.2 Å². The third-order valence-corrected chi connectivity index (χ3v) is 14.6. The van der Waals surface area contributed by atoms with Gasteiger partial charge in [0.05, 0.1) is 17.8 Å². The lowest BCUT2D eigenvalue weighted by atomic mass is 9.31. The van der Waals surface area contributed by atoms with Gasteiger partial charge in [0.25, 0.3) is 0 Å². The summed E-state index contributed by atoms with van der Waals surface area (Å²) in [6.07, 6.45) is 9.32. The molecule has 1 saturated heterocycles. The van der Waals surface area contributed by atoms with Gasteiger partial charge in [-0.3, -0.25) is 0 Å². The summed E-state index contributed by atoms with van der Waals surface area (Å²) in [4.78, 5) is 0. The number of epoxide rings is 1. The summed E-state index contributed by atoms with van der Waals surface area (Å²) in [7, 11) is 0. The Balaban J connectivity index is 1.40. The third kappa shape index (κ3) is 2.45. The van der Waals surface area contributed by atoms with Crippen molar-refractivity contribution in [1.82, 2.24) is 0 Å². The van der Waals surface area contributed by atoms with Gasteiger partial charge >= 0.3 is 0 Å². The molecule has 6 rings (SSSR count). The van der Waals surface area contributed by atoms with Crippen LogP contribution in [-0.2, 0) is 4.74 Å². The molecule has 5 aliphatic carbocycles. The zero-order valence-electron chi connectivity index (χ0n) is 22.6. The number of fused-ring (bicyclic) bond motifs is 8. The quantitative estimate of drug-likeness (QED) is 0.425. The summed E-state index contributed by atoms with van der Waals surface area (Å²) >= 11 is 0. The van der Waals surface area contributed by atoms with Crippen molar-refractivity contribution in [3.8, 4) is 0 Å². The highest BCUT2D eigenvalue weighted by Gasteiger charge is 2.76. The maximum Gasteiger partial charge on any atom is 0.114 e. The largest absolute Gasteiger partial charge is 0.393 e. The van der Waals surface area contributed by atoms with E-state index < -0.39 is 0 Å². The van der Waals surface area contributed by atoms with Gasteiger partial charge in [-0.1, -0.05) is 48.5 Å². The topological polar surface area (TPSA) is 53.0 Å². The summed E-state index contributed by atoms with van der Waals surface area (Å²) < 4.78 is 6.24. The van der Waals surface area contributed by atoms with Gasteiger partial charge in [-0.05, 0) is 115 Å². The van der Waals surface area contributed by atoms with Gasteiger partial charge in [0.2, 0.25) is 0 Å². The Morgan fingerprint density at radius 1 is 0.697 bits per heavy atom. The summed E-state index contributed by atoms with van der Waals surface area (Å²) in [5.74, 6) is 3.09. The highest BCUT2D eigenvalue weighted by atomic mass is 16.6. The first kappa shape index (κ1) is 23.3. The highest BCUT2D eigenvalue weighted by molar-refractivity contribution is 5.24. The number of ether oxygens (including phenoxy) is 1. The van der Waals surface area contributed by atoms with E-state index in [-0.39, 0.29) is 34.7 Å². The Hall–Kier alpha value is -0.120. The Morgan fingerprint density at radius 2 is 1.39 bits per heavy atom. The number of hydrogen-bond acceptors (Lipinski definition) is 3. The molecule has 2 N–H and O–H groups in total. The molecule has 3 nitrogen and oxygen atoms in total. The van der Waals surface area contributed by atoms with Crippen LogP contribution in [-0.4, -0.2) is 34.1 Å². The molecule has 0 aromatic rings. The molecule has 0 radical (unpaired) electrons. The Morgan fingerprint density at radius 3 is 2.09 bits per heavy atom. The second-order valence-corrected chi connectivity index (χ2v) is 15.5. The van der Waals surface area contributed by atoms with Gasteiger partial charge in [0.1, 0.15) is 6.10 Å². The molecule has 33 heavy (non-hydrogen) atoms. The predicted octanol–water partition coefficient (Wildman–Crippen LogP) is 6.21. The molecule has 1 heterocycles. The van der Waals surface area contributed by atoms with Crippen LogP contribution in [0.3, 0.4) is 0 Å². The van der Waals surface area contributed by atoms with E-state index >= 15 is 0 Å². The Kier molecular flexibility index (Phi) is 4.52. The molecular weight excluding hydrogens is 408 g/mol. The zero-order chi connectivity index (χ0) is 24.0. The van der Waals surface area contributed by atoms with E-state index in [1.54, 1.807) is 0 Å².